The summed E-state index contributed by atoms with van der Waals surface area (Å²) >= 11 is 9.40. The fourth-order valence-electron chi connectivity index (χ4n) is 2.89. The van der Waals surface area contributed by atoms with Gasteiger partial charge in [0.05, 0.1) is 5.02 Å². The topological polar surface area (TPSA) is 67.4 Å². The number of nitrogens with one attached hydrogen (secondary N) is 2. The minimum Gasteiger partial charge on any atom is -0.482 e. The van der Waals surface area contributed by atoms with Crippen molar-refractivity contribution >= 4 is 50.7 Å². The molecule has 166 valence electrons. The first-order valence-electron chi connectivity index (χ1n) is 10.0. The van der Waals surface area contributed by atoms with Crippen LogP contribution in [0.25, 0.3) is 0 Å². The Morgan fingerprint density at radius 2 is 1.50 bits per heavy atom. The van der Waals surface area contributed by atoms with E-state index in [1.807, 2.05) is 24.3 Å². The van der Waals surface area contributed by atoms with Gasteiger partial charge in [-0.05, 0) is 65.6 Å². The molecule has 0 aliphatic heterocycles. The Morgan fingerprint density at radius 3 is 2.06 bits per heavy atom. The van der Waals surface area contributed by atoms with E-state index in [9.17, 15) is 9.59 Å². The molecule has 0 fully saturated rings. The monoisotopic (exact) mass is 514 g/mol. The van der Waals surface area contributed by atoms with E-state index in [-0.39, 0.29) is 23.8 Å². The van der Waals surface area contributed by atoms with Gasteiger partial charge in [0, 0.05) is 21.4 Å². The van der Waals surface area contributed by atoms with Crippen molar-refractivity contribution < 1.29 is 14.3 Å². The highest BCUT2D eigenvalue weighted by Gasteiger charge is 2.14. The van der Waals surface area contributed by atoms with Crippen LogP contribution >= 0.6 is 27.5 Å². The van der Waals surface area contributed by atoms with Crippen LogP contribution in [0.15, 0.2) is 71.2 Å². The van der Waals surface area contributed by atoms with Crippen LogP contribution in [0.3, 0.4) is 0 Å². The van der Waals surface area contributed by atoms with Crippen molar-refractivity contribution in [2.24, 2.45) is 0 Å². The van der Waals surface area contributed by atoms with E-state index >= 15 is 0 Å². The van der Waals surface area contributed by atoms with Gasteiger partial charge in [-0.15, -0.1) is 0 Å². The van der Waals surface area contributed by atoms with E-state index in [0.717, 1.165) is 4.47 Å². The Balaban J connectivity index is 1.53. The van der Waals surface area contributed by atoms with Gasteiger partial charge >= 0.3 is 0 Å². The number of amides is 2. The van der Waals surface area contributed by atoms with Crippen LogP contribution in [-0.2, 0) is 10.2 Å². The zero-order valence-corrected chi connectivity index (χ0v) is 20.4. The molecule has 3 aromatic carbocycles. The highest BCUT2D eigenvalue weighted by atomic mass is 79.9. The number of carbonyl (C=O) groups is 2. The lowest BCUT2D eigenvalue weighted by molar-refractivity contribution is -0.118. The van der Waals surface area contributed by atoms with E-state index in [2.05, 4.69) is 47.3 Å². The van der Waals surface area contributed by atoms with Gasteiger partial charge in [-0.25, -0.2) is 0 Å². The minimum atomic E-state index is -0.320. The van der Waals surface area contributed by atoms with Gasteiger partial charge in [0.1, 0.15) is 5.75 Å². The van der Waals surface area contributed by atoms with Crippen LogP contribution in [0, 0.1) is 0 Å². The van der Waals surface area contributed by atoms with Gasteiger partial charge < -0.3 is 15.4 Å². The molecule has 2 amide bonds. The van der Waals surface area contributed by atoms with Crippen LogP contribution in [0.2, 0.25) is 5.02 Å². The predicted molar refractivity (Wildman–Crippen MR) is 133 cm³/mol. The first-order valence-corrected chi connectivity index (χ1v) is 11.2. The van der Waals surface area contributed by atoms with Crippen LogP contribution in [-0.4, -0.2) is 18.4 Å². The molecular formula is C25H24BrClN2O3. The second-order valence-corrected chi connectivity index (χ2v) is 9.59. The fourth-order valence-corrected chi connectivity index (χ4v) is 3.62. The zero-order chi connectivity index (χ0) is 23.3. The quantitative estimate of drug-likeness (QED) is 0.385. The first-order chi connectivity index (χ1) is 15.1. The molecule has 32 heavy (non-hydrogen) atoms. The number of hydrogen-bond acceptors (Lipinski definition) is 3. The number of rotatable bonds is 6. The molecule has 5 nitrogen and oxygen atoms in total. The summed E-state index contributed by atoms with van der Waals surface area (Å²) in [6, 6.07) is 19.6. The first kappa shape index (κ1) is 23.8. The van der Waals surface area contributed by atoms with Crippen molar-refractivity contribution in [1.82, 2.24) is 0 Å². The normalized spacial score (nSPS) is 11.0. The summed E-state index contributed by atoms with van der Waals surface area (Å²) in [4.78, 5) is 24.6. The van der Waals surface area contributed by atoms with E-state index in [4.69, 9.17) is 16.3 Å². The van der Waals surface area contributed by atoms with Gasteiger partial charge in [-0.2, -0.15) is 0 Å². The molecule has 2 N–H and O–H groups in total. The summed E-state index contributed by atoms with van der Waals surface area (Å²) < 4.78 is 6.29. The maximum absolute atomic E-state index is 12.5. The predicted octanol–water partition coefficient (Wildman–Crippen LogP) is 6.67. The maximum atomic E-state index is 12.5. The molecule has 0 aromatic heterocycles. The molecule has 0 unspecified atom stereocenters. The minimum absolute atomic E-state index is 0.0326. The van der Waals surface area contributed by atoms with E-state index in [1.54, 1.807) is 42.5 Å². The average molecular weight is 516 g/mol. The van der Waals surface area contributed by atoms with E-state index in [1.165, 1.54) is 5.56 Å². The molecule has 0 saturated carbocycles. The molecule has 3 rings (SSSR count). The van der Waals surface area contributed by atoms with E-state index in [0.29, 0.717) is 27.7 Å². The Bertz CT molecular complexity index is 1110. The lowest BCUT2D eigenvalue weighted by Crippen LogP contribution is -2.20. The molecule has 7 heteroatoms. The van der Waals surface area contributed by atoms with Crippen molar-refractivity contribution in [2.45, 2.75) is 26.2 Å². The molecule has 0 aliphatic carbocycles. The lowest BCUT2D eigenvalue weighted by Gasteiger charge is -2.19. The standard InChI is InChI=1S/C25H24BrClN2O3/c1-25(2,3)17-6-4-16(5-7-17)24(31)29-20-11-9-19(10-12-20)28-23(30)15-32-22-13-8-18(26)14-21(22)27/h4-14H,15H2,1-3H3,(H,28,30)(H,29,31). The zero-order valence-electron chi connectivity index (χ0n) is 18.0. The van der Waals surface area contributed by atoms with Crippen molar-refractivity contribution in [2.75, 3.05) is 17.2 Å². The van der Waals surface area contributed by atoms with Crippen LogP contribution in [0.4, 0.5) is 11.4 Å². The van der Waals surface area contributed by atoms with Gasteiger partial charge in [0.15, 0.2) is 6.61 Å². The fraction of sp³-hybridized carbons (Fsp3) is 0.200. The molecule has 0 aliphatic rings. The van der Waals surface area contributed by atoms with Crippen molar-refractivity contribution in [1.29, 1.82) is 0 Å². The Morgan fingerprint density at radius 1 is 0.906 bits per heavy atom. The number of anilines is 2. The van der Waals surface area contributed by atoms with Crippen molar-refractivity contribution in [3.05, 3.63) is 87.4 Å². The molecule has 0 saturated heterocycles. The third kappa shape index (κ3) is 6.58. The number of ether oxygens (including phenoxy) is 1. The molecule has 0 atom stereocenters. The second kappa shape index (κ2) is 10.2. The van der Waals surface area contributed by atoms with Gasteiger partial charge in [0.25, 0.3) is 11.8 Å². The summed E-state index contributed by atoms with van der Waals surface area (Å²) in [6.07, 6.45) is 0. The molecule has 3 aromatic rings. The van der Waals surface area contributed by atoms with Crippen molar-refractivity contribution in [3.63, 3.8) is 0 Å². The van der Waals surface area contributed by atoms with Gasteiger partial charge in [0.2, 0.25) is 0 Å². The molecular weight excluding hydrogens is 492 g/mol. The number of benzene rings is 3. The number of hydrogen-bond donors (Lipinski definition) is 2. The molecule has 0 bridgehead atoms. The van der Waals surface area contributed by atoms with E-state index < -0.39 is 0 Å². The third-order valence-electron chi connectivity index (χ3n) is 4.69. The molecule has 0 heterocycles. The Kier molecular flexibility index (Phi) is 7.59. The van der Waals surface area contributed by atoms with Crippen LogP contribution in [0.1, 0.15) is 36.7 Å². The SMILES string of the molecule is CC(C)(C)c1ccc(C(=O)Nc2ccc(NC(=O)COc3ccc(Br)cc3Cl)cc2)cc1. The summed E-state index contributed by atoms with van der Waals surface area (Å²) in [5, 5.41) is 6.02. The molecule has 0 spiro atoms. The highest BCUT2D eigenvalue weighted by molar-refractivity contribution is 9.10. The summed E-state index contributed by atoms with van der Waals surface area (Å²) in [5.41, 5.74) is 3.00. The summed E-state index contributed by atoms with van der Waals surface area (Å²) in [5.74, 6) is -0.0830. The average Bonchev–Trinajstić information content (AvgIpc) is 2.74. The Hall–Kier alpha value is -2.83. The van der Waals surface area contributed by atoms with Crippen LogP contribution < -0.4 is 15.4 Å². The summed E-state index contributed by atoms with van der Waals surface area (Å²) in [7, 11) is 0. The van der Waals surface area contributed by atoms with Crippen LogP contribution in [0.5, 0.6) is 5.75 Å². The maximum Gasteiger partial charge on any atom is 0.262 e. The Labute approximate surface area is 201 Å². The van der Waals surface area contributed by atoms with Gasteiger partial charge in [-0.1, -0.05) is 60.4 Å². The number of halogens is 2. The number of carbonyl (C=O) groups excluding carboxylic acids is 2. The second-order valence-electron chi connectivity index (χ2n) is 8.27. The molecule has 0 radical (unpaired) electrons. The third-order valence-corrected chi connectivity index (χ3v) is 5.48. The lowest BCUT2D eigenvalue weighted by atomic mass is 9.87. The van der Waals surface area contributed by atoms with Crippen molar-refractivity contribution in [3.8, 4) is 5.75 Å². The summed E-state index contributed by atoms with van der Waals surface area (Å²) in [6.45, 7) is 6.21. The van der Waals surface area contributed by atoms with Gasteiger partial charge in [-0.3, -0.25) is 9.59 Å². The smallest absolute Gasteiger partial charge is 0.262 e. The largest absolute Gasteiger partial charge is 0.482 e. The highest BCUT2D eigenvalue weighted by Crippen LogP contribution is 2.27.